The van der Waals surface area contributed by atoms with Gasteiger partial charge in [-0.2, -0.15) is 0 Å². The van der Waals surface area contributed by atoms with Crippen LogP contribution in [0.1, 0.15) is 164 Å². The predicted molar refractivity (Wildman–Crippen MR) is 317 cm³/mol. The Bertz CT molecular complexity index is 2740. The predicted octanol–water partition coefficient (Wildman–Crippen LogP) is 18.2. The van der Waals surface area contributed by atoms with Gasteiger partial charge in [0.15, 0.2) is 11.5 Å². The van der Waals surface area contributed by atoms with E-state index in [0.29, 0.717) is 35.5 Å². The van der Waals surface area contributed by atoms with Crippen LogP contribution in [-0.2, 0) is 19.1 Å². The largest absolute Gasteiger partial charge is 0.494 e. The third kappa shape index (κ3) is 14.6. The number of fused-ring (bicyclic) bond motifs is 2. The second kappa shape index (κ2) is 27.1. The molecular weight excluding hydrogens is 1010 g/mol. The van der Waals surface area contributed by atoms with Crippen molar-refractivity contribution in [2.75, 3.05) is 26.4 Å². The van der Waals surface area contributed by atoms with E-state index in [1.165, 1.54) is 88.2 Å². The first-order valence-electron chi connectivity index (χ1n) is 29.7. The van der Waals surface area contributed by atoms with Gasteiger partial charge < -0.3 is 28.4 Å². The summed E-state index contributed by atoms with van der Waals surface area (Å²) in [6.45, 7) is 3.44. The Hall–Kier alpha value is -5.52. The second-order valence-corrected chi connectivity index (χ2v) is 24.7. The van der Waals surface area contributed by atoms with Gasteiger partial charge in [-0.15, -0.1) is 22.7 Å². The maximum Gasteiger partial charge on any atom is 0.314 e. The molecule has 0 spiro atoms. The fraction of sp³-hybridized carbons (Fsp3) is 0.471. The average Bonchev–Trinajstić information content (AvgIpc) is 4.58. The van der Waals surface area contributed by atoms with Gasteiger partial charge in [-0.05, 0) is 148 Å². The SMILES string of the molecule is O=C(Oc1c2cc(-c3ccccc3)sc2c(OC(=O)C2CCC(c3ccc(OCCCCCCCCC4CO4)cc3)CC2)c2cc(-c3ccccc3)sc12)C1CCC(c2ccc(OCCCCCCCCC3CO3)cc2)CC1. The van der Waals surface area contributed by atoms with E-state index < -0.39 is 0 Å². The van der Waals surface area contributed by atoms with E-state index in [1.807, 2.05) is 36.4 Å². The van der Waals surface area contributed by atoms with Crippen molar-refractivity contribution in [2.24, 2.45) is 11.8 Å². The van der Waals surface area contributed by atoms with Crippen LogP contribution in [-0.4, -0.2) is 50.6 Å². The summed E-state index contributed by atoms with van der Waals surface area (Å²) in [6.07, 6.45) is 25.2. The molecule has 2 unspecified atom stereocenters. The van der Waals surface area contributed by atoms with Crippen LogP contribution in [0, 0.1) is 11.8 Å². The lowest BCUT2D eigenvalue weighted by atomic mass is 9.79. The fourth-order valence-electron chi connectivity index (χ4n) is 12.0. The molecule has 4 heterocycles. The van der Waals surface area contributed by atoms with E-state index in [9.17, 15) is 9.59 Å². The standard InChI is InChI=1S/C68H78O8S2/c69-67(53-29-25-47(26-30-53)49-33-37-55(38-34-49)71-41-17-7-3-1-5-15-23-57-45-73-57)75-63-59-43-61(51-19-11-9-12-20-51)78-66(59)64(60-44-62(77-65(60)63)52-21-13-10-14-22-52)76-68(70)54-31-27-48(28-32-54)50-35-39-56(40-36-50)72-42-18-8-4-2-6-16-24-58-46-74-58/h9-14,19-22,33-40,43-44,47-48,53-54,57-58H,1-8,15-18,23-32,41-42,45-46H2. The van der Waals surface area contributed by atoms with E-state index >= 15 is 0 Å². The zero-order chi connectivity index (χ0) is 52.9. The summed E-state index contributed by atoms with van der Waals surface area (Å²) in [4.78, 5) is 31.1. The van der Waals surface area contributed by atoms with Crippen LogP contribution in [0.15, 0.2) is 121 Å². The van der Waals surface area contributed by atoms with E-state index in [1.54, 1.807) is 22.7 Å². The number of ether oxygens (including phenoxy) is 6. The molecule has 2 aliphatic carbocycles. The summed E-state index contributed by atoms with van der Waals surface area (Å²) in [6, 6.07) is 42.2. The highest BCUT2D eigenvalue weighted by Gasteiger charge is 2.34. The molecule has 78 heavy (non-hydrogen) atoms. The molecular formula is C68H78O8S2. The van der Waals surface area contributed by atoms with E-state index in [4.69, 9.17) is 28.4 Å². The zero-order valence-corrected chi connectivity index (χ0v) is 47.1. The Balaban J connectivity index is 0.730. The van der Waals surface area contributed by atoms with Crippen LogP contribution in [0.5, 0.6) is 23.0 Å². The third-order valence-electron chi connectivity index (χ3n) is 16.9. The van der Waals surface area contributed by atoms with Crippen LogP contribution in [0.25, 0.3) is 41.1 Å². The molecule has 7 aromatic rings. The van der Waals surface area contributed by atoms with Crippen LogP contribution in [0.4, 0.5) is 0 Å². The van der Waals surface area contributed by atoms with Gasteiger partial charge in [0.1, 0.15) is 11.5 Å². The highest BCUT2D eigenvalue weighted by atomic mass is 32.1. The van der Waals surface area contributed by atoms with Gasteiger partial charge >= 0.3 is 11.9 Å². The molecule has 5 aromatic carbocycles. The number of carbonyl (C=O) groups excluding carboxylic acids is 2. The molecule has 8 nitrogen and oxygen atoms in total. The molecule has 2 saturated carbocycles. The molecule has 4 fully saturated rings. The second-order valence-electron chi connectivity index (χ2n) is 22.6. The van der Waals surface area contributed by atoms with Crippen molar-refractivity contribution in [3.05, 3.63) is 132 Å². The number of esters is 2. The number of unbranched alkanes of at least 4 members (excludes halogenated alkanes) is 10. The Morgan fingerprint density at radius 3 is 1.17 bits per heavy atom. The Morgan fingerprint density at radius 2 is 0.795 bits per heavy atom. The number of hydrogen-bond acceptors (Lipinski definition) is 10. The first-order chi connectivity index (χ1) is 38.5. The fourth-order valence-corrected chi connectivity index (χ4v) is 14.3. The molecule has 0 N–H and O–H groups in total. The normalized spacial score (nSPS) is 20.9. The van der Waals surface area contributed by atoms with Gasteiger partial charge in [-0.1, -0.05) is 149 Å². The minimum atomic E-state index is -0.214. The zero-order valence-electron chi connectivity index (χ0n) is 45.5. The number of rotatable bonds is 28. The minimum absolute atomic E-state index is 0.189. The number of epoxide rings is 2. The minimum Gasteiger partial charge on any atom is -0.494 e. The molecule has 0 bridgehead atoms. The van der Waals surface area contributed by atoms with Crippen LogP contribution in [0.2, 0.25) is 0 Å². The third-order valence-corrected chi connectivity index (χ3v) is 19.3. The molecule has 4 aliphatic rings. The molecule has 2 atom stereocenters. The Morgan fingerprint density at radius 1 is 0.436 bits per heavy atom. The van der Waals surface area contributed by atoms with Crippen molar-refractivity contribution in [2.45, 2.75) is 165 Å². The summed E-state index contributed by atoms with van der Waals surface area (Å²) in [5.74, 6) is 2.94. The lowest BCUT2D eigenvalue weighted by Gasteiger charge is -2.28. The summed E-state index contributed by atoms with van der Waals surface area (Å²) < 4.78 is 38.0. The monoisotopic (exact) mass is 1090 g/mol. The van der Waals surface area contributed by atoms with Gasteiger partial charge in [0.25, 0.3) is 0 Å². The van der Waals surface area contributed by atoms with Crippen molar-refractivity contribution in [3.8, 4) is 43.9 Å². The highest BCUT2D eigenvalue weighted by molar-refractivity contribution is 7.24. The van der Waals surface area contributed by atoms with E-state index in [0.717, 1.165) is 143 Å². The van der Waals surface area contributed by atoms with Crippen molar-refractivity contribution in [3.63, 3.8) is 0 Å². The molecule has 2 aliphatic heterocycles. The maximum absolute atomic E-state index is 14.5. The Labute approximate surface area is 470 Å². The van der Waals surface area contributed by atoms with Crippen LogP contribution >= 0.6 is 22.7 Å². The van der Waals surface area contributed by atoms with Crippen molar-refractivity contribution in [1.82, 2.24) is 0 Å². The van der Waals surface area contributed by atoms with Gasteiger partial charge in [-0.25, -0.2) is 0 Å². The van der Waals surface area contributed by atoms with Gasteiger partial charge in [0.2, 0.25) is 0 Å². The summed E-state index contributed by atoms with van der Waals surface area (Å²) in [5.41, 5.74) is 4.73. The molecule has 410 valence electrons. The van der Waals surface area contributed by atoms with Crippen molar-refractivity contribution in [1.29, 1.82) is 0 Å². The van der Waals surface area contributed by atoms with Crippen LogP contribution < -0.4 is 18.9 Å². The lowest BCUT2D eigenvalue weighted by molar-refractivity contribution is -0.140. The first kappa shape index (κ1) is 54.4. The lowest BCUT2D eigenvalue weighted by Crippen LogP contribution is -2.25. The van der Waals surface area contributed by atoms with Crippen LogP contribution in [0.3, 0.4) is 0 Å². The quantitative estimate of drug-likeness (QED) is 0.0207. The smallest absolute Gasteiger partial charge is 0.314 e. The number of benzene rings is 5. The Kier molecular flexibility index (Phi) is 18.9. The van der Waals surface area contributed by atoms with E-state index in [-0.39, 0.29) is 23.8 Å². The summed E-state index contributed by atoms with van der Waals surface area (Å²) in [5, 5.41) is 1.61. The number of hydrogen-bond donors (Lipinski definition) is 0. The molecule has 10 heteroatoms. The first-order valence-corrected chi connectivity index (χ1v) is 31.4. The summed E-state index contributed by atoms with van der Waals surface area (Å²) in [7, 11) is 0. The molecule has 11 rings (SSSR count). The van der Waals surface area contributed by atoms with E-state index in [2.05, 4.69) is 84.9 Å². The number of thiophene rings is 2. The average molecular weight is 1090 g/mol. The van der Waals surface area contributed by atoms with Gasteiger partial charge in [-0.3, -0.25) is 9.59 Å². The molecule has 0 radical (unpaired) electrons. The molecule has 2 aromatic heterocycles. The van der Waals surface area contributed by atoms with Crippen molar-refractivity contribution < 1.29 is 38.0 Å². The molecule has 2 saturated heterocycles. The maximum atomic E-state index is 14.5. The van der Waals surface area contributed by atoms with Gasteiger partial charge in [0.05, 0.1) is 59.9 Å². The van der Waals surface area contributed by atoms with Crippen molar-refractivity contribution >= 4 is 54.8 Å². The summed E-state index contributed by atoms with van der Waals surface area (Å²) >= 11 is 3.19. The topological polar surface area (TPSA) is 96.1 Å². The highest BCUT2D eigenvalue weighted by Crippen LogP contribution is 2.53. The number of carbonyl (C=O) groups is 2. The van der Waals surface area contributed by atoms with Gasteiger partial charge in [0, 0.05) is 20.5 Å². The molecule has 0 amide bonds.